The van der Waals surface area contributed by atoms with Crippen LogP contribution in [0.3, 0.4) is 0 Å². The van der Waals surface area contributed by atoms with E-state index in [0.717, 1.165) is 16.4 Å². The first kappa shape index (κ1) is 13.4. The van der Waals surface area contributed by atoms with Crippen molar-refractivity contribution in [1.29, 1.82) is 0 Å². The Labute approximate surface area is 114 Å². The maximum absolute atomic E-state index is 11.3. The quantitative estimate of drug-likeness (QED) is 0.765. The predicted molar refractivity (Wildman–Crippen MR) is 75.1 cm³/mol. The van der Waals surface area contributed by atoms with E-state index in [9.17, 15) is 4.79 Å². The summed E-state index contributed by atoms with van der Waals surface area (Å²) in [5, 5.41) is 2.27. The number of rotatable bonds is 6. The first-order chi connectivity index (χ1) is 8.69. The molecule has 0 unspecified atom stereocenters. The van der Waals surface area contributed by atoms with Crippen molar-refractivity contribution < 1.29 is 9.53 Å². The number of aromatic nitrogens is 2. The third-order valence-electron chi connectivity index (χ3n) is 2.42. The van der Waals surface area contributed by atoms with E-state index in [-0.39, 0.29) is 11.2 Å². The molecule has 0 saturated carbocycles. The molecule has 2 rings (SSSR count). The lowest BCUT2D eigenvalue weighted by atomic mass is 10.3. The molecule has 0 aromatic carbocycles. The zero-order valence-corrected chi connectivity index (χ0v) is 12.1. The van der Waals surface area contributed by atoms with E-state index in [4.69, 9.17) is 4.74 Å². The van der Waals surface area contributed by atoms with Crippen LogP contribution < -0.4 is 0 Å². The second-order valence-corrected chi connectivity index (χ2v) is 6.26. The summed E-state index contributed by atoms with van der Waals surface area (Å²) >= 11 is 3.36. The topological polar surface area (TPSA) is 43.6 Å². The van der Waals surface area contributed by atoms with Gasteiger partial charge in [-0.25, -0.2) is 4.98 Å². The number of ether oxygens (including phenoxy) is 1. The molecule has 1 atom stereocenters. The Morgan fingerprint density at radius 1 is 1.67 bits per heavy atom. The van der Waals surface area contributed by atoms with Crippen LogP contribution in [0.1, 0.15) is 26.0 Å². The first-order valence-electron chi connectivity index (χ1n) is 5.87. The maximum atomic E-state index is 11.3. The van der Waals surface area contributed by atoms with E-state index in [1.54, 1.807) is 23.1 Å². The van der Waals surface area contributed by atoms with E-state index in [2.05, 4.69) is 4.98 Å². The maximum Gasteiger partial charge on any atom is 0.306 e. The number of nitrogens with zero attached hydrogens (tertiary/aromatic N) is 2. The largest absolute Gasteiger partial charge is 0.466 e. The average Bonchev–Trinajstić information content (AvgIpc) is 2.86. The molecule has 0 bridgehead atoms. The number of hydrogen-bond acceptors (Lipinski definition) is 5. The standard InChI is InChI=1S/C12H16N2O2S2/c1-3-16-11(15)6-9(2)18-8-10-7-14-4-5-17-12(14)13-10/h4-5,7,9H,3,6,8H2,1-2H3/t9-/m1/s1. The molecule has 2 aromatic rings. The fourth-order valence-corrected chi connectivity index (χ4v) is 3.15. The summed E-state index contributed by atoms with van der Waals surface area (Å²) < 4.78 is 6.95. The fourth-order valence-electron chi connectivity index (χ4n) is 1.59. The minimum atomic E-state index is -0.122. The SMILES string of the molecule is CCOC(=O)C[C@@H](C)SCc1cn2ccsc2n1. The first-order valence-corrected chi connectivity index (χ1v) is 7.80. The minimum absolute atomic E-state index is 0.122. The van der Waals surface area contributed by atoms with Gasteiger partial charge >= 0.3 is 5.97 Å². The summed E-state index contributed by atoms with van der Waals surface area (Å²) in [4.78, 5) is 16.8. The van der Waals surface area contributed by atoms with Gasteiger partial charge in [0.2, 0.25) is 0 Å². The van der Waals surface area contributed by atoms with Crippen molar-refractivity contribution in [2.24, 2.45) is 0 Å². The van der Waals surface area contributed by atoms with Gasteiger partial charge in [0.15, 0.2) is 4.96 Å². The summed E-state index contributed by atoms with van der Waals surface area (Å²) in [6, 6.07) is 0. The van der Waals surface area contributed by atoms with E-state index in [0.29, 0.717) is 13.0 Å². The van der Waals surface area contributed by atoms with E-state index < -0.39 is 0 Å². The summed E-state index contributed by atoms with van der Waals surface area (Å²) in [5.74, 6) is 0.706. The van der Waals surface area contributed by atoms with Gasteiger partial charge < -0.3 is 4.74 Å². The smallest absolute Gasteiger partial charge is 0.306 e. The molecule has 0 saturated heterocycles. The molecule has 0 fully saturated rings. The zero-order chi connectivity index (χ0) is 13.0. The Morgan fingerprint density at radius 2 is 2.50 bits per heavy atom. The number of thioether (sulfide) groups is 1. The minimum Gasteiger partial charge on any atom is -0.466 e. The average molecular weight is 284 g/mol. The summed E-state index contributed by atoms with van der Waals surface area (Å²) in [7, 11) is 0. The van der Waals surface area contributed by atoms with Crippen LogP contribution >= 0.6 is 23.1 Å². The number of fused-ring (bicyclic) bond motifs is 1. The molecule has 0 spiro atoms. The van der Waals surface area contributed by atoms with Crippen molar-refractivity contribution in [3.8, 4) is 0 Å². The normalized spacial score (nSPS) is 12.8. The van der Waals surface area contributed by atoms with Crippen molar-refractivity contribution in [2.75, 3.05) is 6.61 Å². The second kappa shape index (κ2) is 6.24. The van der Waals surface area contributed by atoms with Gasteiger partial charge in [-0.05, 0) is 6.92 Å². The van der Waals surface area contributed by atoms with Crippen LogP contribution in [0.4, 0.5) is 0 Å². The Bertz CT molecular complexity index is 492. The van der Waals surface area contributed by atoms with Gasteiger partial charge in [0, 0.05) is 28.8 Å². The highest BCUT2D eigenvalue weighted by atomic mass is 32.2. The monoisotopic (exact) mass is 284 g/mol. The van der Waals surface area contributed by atoms with Gasteiger partial charge in [0.05, 0.1) is 18.7 Å². The highest BCUT2D eigenvalue weighted by Crippen LogP contribution is 2.21. The third kappa shape index (κ3) is 3.49. The van der Waals surface area contributed by atoms with E-state index >= 15 is 0 Å². The molecule has 0 radical (unpaired) electrons. The molecule has 0 aliphatic heterocycles. The summed E-state index contributed by atoms with van der Waals surface area (Å²) in [6.07, 6.45) is 4.50. The van der Waals surface area contributed by atoms with Gasteiger partial charge in [0.25, 0.3) is 0 Å². The third-order valence-corrected chi connectivity index (χ3v) is 4.39. The van der Waals surface area contributed by atoms with Gasteiger partial charge in [-0.1, -0.05) is 6.92 Å². The van der Waals surface area contributed by atoms with Crippen molar-refractivity contribution in [2.45, 2.75) is 31.3 Å². The van der Waals surface area contributed by atoms with Gasteiger partial charge in [0.1, 0.15) is 0 Å². The Balaban J connectivity index is 1.80. The zero-order valence-electron chi connectivity index (χ0n) is 10.5. The van der Waals surface area contributed by atoms with Gasteiger partial charge in [-0.15, -0.1) is 11.3 Å². The molecular weight excluding hydrogens is 268 g/mol. The van der Waals surface area contributed by atoms with E-state index in [1.165, 1.54) is 0 Å². The Kier molecular flexibility index (Phi) is 4.66. The number of hydrogen-bond donors (Lipinski definition) is 0. The highest BCUT2D eigenvalue weighted by Gasteiger charge is 2.11. The molecule has 0 amide bonds. The van der Waals surface area contributed by atoms with Crippen LogP contribution in [0.25, 0.3) is 4.96 Å². The molecule has 0 aliphatic rings. The summed E-state index contributed by atoms with van der Waals surface area (Å²) in [6.45, 7) is 4.32. The number of carbonyl (C=O) groups excluding carboxylic acids is 1. The molecule has 18 heavy (non-hydrogen) atoms. The molecule has 2 aromatic heterocycles. The molecule has 2 heterocycles. The molecule has 6 heteroatoms. The van der Waals surface area contributed by atoms with Crippen LogP contribution in [0.2, 0.25) is 0 Å². The molecule has 0 aliphatic carbocycles. The van der Waals surface area contributed by atoms with Crippen molar-refractivity contribution in [3.63, 3.8) is 0 Å². The fraction of sp³-hybridized carbons (Fsp3) is 0.500. The Morgan fingerprint density at radius 3 is 3.22 bits per heavy atom. The van der Waals surface area contributed by atoms with Crippen molar-refractivity contribution >= 4 is 34.0 Å². The molecule has 4 nitrogen and oxygen atoms in total. The van der Waals surface area contributed by atoms with Crippen LogP contribution in [0.5, 0.6) is 0 Å². The second-order valence-electron chi connectivity index (χ2n) is 3.96. The van der Waals surface area contributed by atoms with Gasteiger partial charge in [-0.2, -0.15) is 11.8 Å². The summed E-state index contributed by atoms with van der Waals surface area (Å²) in [5.41, 5.74) is 1.06. The molecule has 0 N–H and O–H groups in total. The van der Waals surface area contributed by atoms with Gasteiger partial charge in [-0.3, -0.25) is 9.20 Å². The molecule has 98 valence electrons. The van der Waals surface area contributed by atoms with Crippen molar-refractivity contribution in [3.05, 3.63) is 23.5 Å². The predicted octanol–water partition coefficient (Wildman–Crippen LogP) is 2.97. The van der Waals surface area contributed by atoms with Crippen molar-refractivity contribution in [1.82, 2.24) is 9.38 Å². The van der Waals surface area contributed by atoms with Crippen LogP contribution in [0.15, 0.2) is 17.8 Å². The highest BCUT2D eigenvalue weighted by molar-refractivity contribution is 7.99. The van der Waals surface area contributed by atoms with E-state index in [1.807, 2.05) is 36.0 Å². The number of thiazole rings is 1. The number of carbonyl (C=O) groups is 1. The van der Waals surface area contributed by atoms with Crippen LogP contribution in [0, 0.1) is 0 Å². The Hall–Kier alpha value is -1.01. The van der Waals surface area contributed by atoms with Crippen LogP contribution in [-0.2, 0) is 15.3 Å². The van der Waals surface area contributed by atoms with Crippen LogP contribution in [-0.4, -0.2) is 27.2 Å². The number of imidazole rings is 1. The molecular formula is C12H16N2O2S2. The lowest BCUT2D eigenvalue weighted by Crippen LogP contribution is -2.10. The lowest BCUT2D eigenvalue weighted by Gasteiger charge is -2.09. The lowest BCUT2D eigenvalue weighted by molar-refractivity contribution is -0.142. The number of esters is 1.